The molecule has 3 nitrogen and oxygen atoms in total. The van der Waals surface area contributed by atoms with E-state index in [0.29, 0.717) is 29.8 Å². The zero-order valence-corrected chi connectivity index (χ0v) is 13.5. The van der Waals surface area contributed by atoms with Gasteiger partial charge in [0.2, 0.25) is 5.91 Å². The van der Waals surface area contributed by atoms with E-state index in [-0.39, 0.29) is 5.92 Å². The van der Waals surface area contributed by atoms with Gasteiger partial charge in [0, 0.05) is 25.0 Å². The maximum absolute atomic E-state index is 12.8. The topological polar surface area (TPSA) is 46.3 Å². The first-order valence-electron chi connectivity index (χ1n) is 8.53. The predicted octanol–water partition coefficient (Wildman–Crippen LogP) is 3.18. The van der Waals surface area contributed by atoms with E-state index in [0.717, 1.165) is 12.8 Å². The Hall–Kier alpha value is -0.570. The van der Waals surface area contributed by atoms with Crippen molar-refractivity contribution in [3.8, 4) is 0 Å². The highest BCUT2D eigenvalue weighted by atomic mass is 16.2. The smallest absolute Gasteiger partial charge is 0.225 e. The van der Waals surface area contributed by atoms with Gasteiger partial charge in [-0.2, -0.15) is 0 Å². The molecule has 3 heteroatoms. The molecule has 2 rings (SSSR count). The van der Waals surface area contributed by atoms with Crippen LogP contribution in [0.4, 0.5) is 0 Å². The number of rotatable bonds is 3. The molecule has 0 bridgehead atoms. The number of hydrogen-bond donors (Lipinski definition) is 1. The van der Waals surface area contributed by atoms with E-state index >= 15 is 0 Å². The summed E-state index contributed by atoms with van der Waals surface area (Å²) in [5.74, 6) is 1.63. The standard InChI is InChI=1S/C17H32N2O/c1-12-7-4-5-10-16(12)19(3)17(20)13(2)14-8-6-9-15(18)11-14/h12-16H,4-11,18H2,1-3H3. The molecule has 0 aromatic heterocycles. The highest BCUT2D eigenvalue weighted by molar-refractivity contribution is 5.79. The first-order valence-corrected chi connectivity index (χ1v) is 8.53. The van der Waals surface area contributed by atoms with Crippen molar-refractivity contribution in [3.63, 3.8) is 0 Å². The molecule has 5 atom stereocenters. The number of nitrogens with zero attached hydrogens (tertiary/aromatic N) is 1. The molecule has 116 valence electrons. The largest absolute Gasteiger partial charge is 0.342 e. The summed E-state index contributed by atoms with van der Waals surface area (Å²) < 4.78 is 0. The van der Waals surface area contributed by atoms with Crippen LogP contribution in [0, 0.1) is 17.8 Å². The predicted molar refractivity (Wildman–Crippen MR) is 83.3 cm³/mol. The fourth-order valence-corrected chi connectivity index (χ4v) is 4.28. The van der Waals surface area contributed by atoms with Gasteiger partial charge in [-0.25, -0.2) is 0 Å². The summed E-state index contributed by atoms with van der Waals surface area (Å²) in [4.78, 5) is 14.8. The zero-order valence-electron chi connectivity index (χ0n) is 13.5. The van der Waals surface area contributed by atoms with Gasteiger partial charge in [-0.3, -0.25) is 4.79 Å². The molecular formula is C17H32N2O. The van der Waals surface area contributed by atoms with E-state index in [4.69, 9.17) is 5.73 Å². The Morgan fingerprint density at radius 3 is 2.50 bits per heavy atom. The Morgan fingerprint density at radius 2 is 1.85 bits per heavy atom. The van der Waals surface area contributed by atoms with Crippen LogP contribution in [0.2, 0.25) is 0 Å². The maximum atomic E-state index is 12.8. The summed E-state index contributed by atoms with van der Waals surface area (Å²) in [7, 11) is 2.02. The van der Waals surface area contributed by atoms with Crippen LogP contribution in [-0.4, -0.2) is 29.9 Å². The van der Waals surface area contributed by atoms with Gasteiger partial charge in [-0.1, -0.05) is 33.1 Å². The lowest BCUT2D eigenvalue weighted by Gasteiger charge is -2.39. The lowest BCUT2D eigenvalue weighted by Crippen LogP contribution is -2.46. The normalized spacial score (nSPS) is 36.4. The molecule has 0 aliphatic heterocycles. The average Bonchev–Trinajstić information content (AvgIpc) is 2.45. The summed E-state index contributed by atoms with van der Waals surface area (Å²) in [5.41, 5.74) is 6.08. The SMILES string of the molecule is CC1CCCCC1N(C)C(=O)C(C)C1CCCC(N)C1. The Morgan fingerprint density at radius 1 is 1.15 bits per heavy atom. The fourth-order valence-electron chi connectivity index (χ4n) is 4.28. The number of carbonyl (C=O) groups is 1. The number of nitrogens with two attached hydrogens (primary N) is 1. The van der Waals surface area contributed by atoms with Crippen molar-refractivity contribution < 1.29 is 4.79 Å². The number of carbonyl (C=O) groups excluding carboxylic acids is 1. The van der Waals surface area contributed by atoms with E-state index in [1.807, 2.05) is 7.05 Å². The van der Waals surface area contributed by atoms with Crippen molar-refractivity contribution >= 4 is 5.91 Å². The van der Waals surface area contributed by atoms with Crippen molar-refractivity contribution in [2.75, 3.05) is 7.05 Å². The van der Waals surface area contributed by atoms with E-state index in [1.54, 1.807) is 0 Å². The molecule has 2 fully saturated rings. The van der Waals surface area contributed by atoms with Crippen LogP contribution in [0.5, 0.6) is 0 Å². The molecule has 2 saturated carbocycles. The molecule has 2 aliphatic carbocycles. The average molecular weight is 280 g/mol. The summed E-state index contributed by atoms with van der Waals surface area (Å²) >= 11 is 0. The van der Waals surface area contributed by atoms with E-state index in [1.165, 1.54) is 38.5 Å². The van der Waals surface area contributed by atoms with E-state index < -0.39 is 0 Å². The second-order valence-corrected chi connectivity index (χ2v) is 7.25. The van der Waals surface area contributed by atoms with Crippen molar-refractivity contribution in [1.82, 2.24) is 4.90 Å². The van der Waals surface area contributed by atoms with Gasteiger partial charge in [0.05, 0.1) is 0 Å². The Kier molecular flexibility index (Phi) is 5.48. The highest BCUT2D eigenvalue weighted by Crippen LogP contribution is 2.33. The molecule has 0 heterocycles. The fraction of sp³-hybridized carbons (Fsp3) is 0.941. The van der Waals surface area contributed by atoms with Crippen molar-refractivity contribution in [2.45, 2.75) is 77.3 Å². The molecule has 2 N–H and O–H groups in total. The minimum Gasteiger partial charge on any atom is -0.342 e. The van der Waals surface area contributed by atoms with E-state index in [2.05, 4.69) is 18.7 Å². The third-order valence-electron chi connectivity index (χ3n) is 5.76. The molecule has 1 amide bonds. The van der Waals surface area contributed by atoms with E-state index in [9.17, 15) is 4.79 Å². The third-order valence-corrected chi connectivity index (χ3v) is 5.76. The zero-order chi connectivity index (χ0) is 14.7. The third kappa shape index (κ3) is 3.55. The van der Waals surface area contributed by atoms with Crippen molar-refractivity contribution in [2.24, 2.45) is 23.5 Å². The monoisotopic (exact) mass is 280 g/mol. The van der Waals surface area contributed by atoms with Gasteiger partial charge in [-0.05, 0) is 43.9 Å². The van der Waals surface area contributed by atoms with Crippen LogP contribution in [0.15, 0.2) is 0 Å². The number of amides is 1. The molecule has 0 saturated heterocycles. The summed E-state index contributed by atoms with van der Waals surface area (Å²) in [6, 6.07) is 0.763. The molecule has 5 unspecified atom stereocenters. The van der Waals surface area contributed by atoms with Gasteiger partial charge in [-0.15, -0.1) is 0 Å². The number of hydrogen-bond acceptors (Lipinski definition) is 2. The summed E-state index contributed by atoms with van der Waals surface area (Å²) in [5, 5.41) is 0. The molecule has 0 spiro atoms. The second-order valence-electron chi connectivity index (χ2n) is 7.25. The Labute approximate surface area is 124 Å². The lowest BCUT2D eigenvalue weighted by molar-refractivity contribution is -0.139. The van der Waals surface area contributed by atoms with Gasteiger partial charge in [0.25, 0.3) is 0 Å². The van der Waals surface area contributed by atoms with Crippen LogP contribution in [0.25, 0.3) is 0 Å². The summed E-state index contributed by atoms with van der Waals surface area (Å²) in [6.45, 7) is 4.42. The molecule has 20 heavy (non-hydrogen) atoms. The van der Waals surface area contributed by atoms with Gasteiger partial charge < -0.3 is 10.6 Å². The van der Waals surface area contributed by atoms with Gasteiger partial charge >= 0.3 is 0 Å². The van der Waals surface area contributed by atoms with Crippen LogP contribution in [-0.2, 0) is 4.79 Å². The van der Waals surface area contributed by atoms with Crippen LogP contribution in [0.1, 0.15) is 65.2 Å². The van der Waals surface area contributed by atoms with Gasteiger partial charge in [0.15, 0.2) is 0 Å². The van der Waals surface area contributed by atoms with Crippen LogP contribution >= 0.6 is 0 Å². The maximum Gasteiger partial charge on any atom is 0.225 e. The molecule has 0 aromatic rings. The Bertz CT molecular complexity index is 331. The quantitative estimate of drug-likeness (QED) is 0.863. The Balaban J connectivity index is 1.94. The van der Waals surface area contributed by atoms with Crippen LogP contribution < -0.4 is 5.73 Å². The molecule has 0 aromatic carbocycles. The molecule has 2 aliphatic rings. The minimum atomic E-state index is 0.139. The second kappa shape index (κ2) is 6.93. The lowest BCUT2D eigenvalue weighted by atomic mass is 9.77. The first kappa shape index (κ1) is 15.8. The molecular weight excluding hydrogens is 248 g/mol. The van der Waals surface area contributed by atoms with Crippen molar-refractivity contribution in [1.29, 1.82) is 0 Å². The summed E-state index contributed by atoms with van der Waals surface area (Å²) in [6.07, 6.45) is 9.57. The highest BCUT2D eigenvalue weighted by Gasteiger charge is 2.34. The van der Waals surface area contributed by atoms with Gasteiger partial charge in [0.1, 0.15) is 0 Å². The first-order chi connectivity index (χ1) is 9.50. The molecule has 0 radical (unpaired) electrons. The van der Waals surface area contributed by atoms with Crippen molar-refractivity contribution in [3.05, 3.63) is 0 Å². The minimum absolute atomic E-state index is 0.139. The van der Waals surface area contributed by atoms with Crippen LogP contribution in [0.3, 0.4) is 0 Å².